The standard InChI is InChI=1S/C24H30N2O5S/c1-3-4-17-21(22(24(28)29)18-11-14-19-12-7-5-8-13-19)23(27)25-26(32(2,30)31)20-15-9-6-10-16-20/h5-16,21-22H,3-4,17-18H2,1-2H3,(H,25,27)(H,28,29)/t21-,22+/m1/s1. The van der Waals surface area contributed by atoms with Crippen molar-refractivity contribution in [1.82, 2.24) is 5.43 Å². The predicted molar refractivity (Wildman–Crippen MR) is 126 cm³/mol. The minimum absolute atomic E-state index is 0.149. The van der Waals surface area contributed by atoms with E-state index in [9.17, 15) is 23.1 Å². The number of amides is 1. The Morgan fingerprint density at radius 3 is 2.16 bits per heavy atom. The second-order valence-corrected chi connectivity index (χ2v) is 9.41. The Labute approximate surface area is 189 Å². The number of para-hydroxylation sites is 1. The number of rotatable bonds is 12. The molecule has 0 aliphatic carbocycles. The van der Waals surface area contributed by atoms with E-state index in [-0.39, 0.29) is 12.1 Å². The maximum absolute atomic E-state index is 13.2. The number of hydrogen-bond donors (Lipinski definition) is 2. The molecular formula is C24H30N2O5S. The summed E-state index contributed by atoms with van der Waals surface area (Å²) in [5, 5.41) is 9.85. The lowest BCUT2D eigenvalue weighted by atomic mass is 9.84. The monoisotopic (exact) mass is 458 g/mol. The molecule has 32 heavy (non-hydrogen) atoms. The number of carbonyl (C=O) groups excluding carboxylic acids is 1. The summed E-state index contributed by atoms with van der Waals surface area (Å²) in [7, 11) is -3.83. The molecular weight excluding hydrogens is 428 g/mol. The fourth-order valence-electron chi connectivity index (χ4n) is 3.38. The van der Waals surface area contributed by atoms with Gasteiger partial charge in [-0.25, -0.2) is 8.42 Å². The van der Waals surface area contributed by atoms with Crippen molar-refractivity contribution in [3.05, 3.63) is 72.3 Å². The zero-order valence-electron chi connectivity index (χ0n) is 18.3. The predicted octanol–water partition coefficient (Wildman–Crippen LogP) is 4.09. The average Bonchev–Trinajstić information content (AvgIpc) is 2.76. The molecule has 0 saturated heterocycles. The Bertz CT molecular complexity index is 1010. The number of aliphatic carboxylic acids is 1. The van der Waals surface area contributed by atoms with Crippen molar-refractivity contribution < 1.29 is 23.1 Å². The molecule has 0 aliphatic rings. The Balaban J connectivity index is 2.26. The van der Waals surface area contributed by atoms with Crippen LogP contribution < -0.4 is 9.84 Å². The number of benzene rings is 2. The lowest BCUT2D eigenvalue weighted by Gasteiger charge is -2.28. The van der Waals surface area contributed by atoms with Crippen LogP contribution in [-0.2, 0) is 19.6 Å². The van der Waals surface area contributed by atoms with Gasteiger partial charge in [-0.15, -0.1) is 0 Å². The molecule has 2 rings (SSSR count). The number of nitrogens with zero attached hydrogens (tertiary/aromatic N) is 1. The Kier molecular flexibility index (Phi) is 9.46. The average molecular weight is 459 g/mol. The van der Waals surface area contributed by atoms with E-state index in [1.807, 2.05) is 43.3 Å². The van der Waals surface area contributed by atoms with Crippen LogP contribution in [0.15, 0.2) is 66.7 Å². The second-order valence-electron chi connectivity index (χ2n) is 7.58. The number of anilines is 1. The highest BCUT2D eigenvalue weighted by Crippen LogP contribution is 2.25. The molecule has 2 atom stereocenters. The van der Waals surface area contributed by atoms with Crippen LogP contribution in [0.2, 0.25) is 0 Å². The van der Waals surface area contributed by atoms with Gasteiger partial charge in [0.1, 0.15) is 0 Å². The molecule has 2 aromatic rings. The summed E-state index contributed by atoms with van der Waals surface area (Å²) in [6.45, 7) is 1.95. The topological polar surface area (TPSA) is 104 Å². The Morgan fingerprint density at radius 2 is 1.62 bits per heavy atom. The van der Waals surface area contributed by atoms with Crippen molar-refractivity contribution in [3.8, 4) is 0 Å². The first-order chi connectivity index (χ1) is 15.2. The number of allylic oxidation sites excluding steroid dienone is 1. The van der Waals surface area contributed by atoms with Crippen LogP contribution in [-0.4, -0.2) is 31.7 Å². The van der Waals surface area contributed by atoms with E-state index >= 15 is 0 Å². The first-order valence-corrected chi connectivity index (χ1v) is 12.4. The molecule has 0 spiro atoms. The third-order valence-corrected chi connectivity index (χ3v) is 6.01. The smallest absolute Gasteiger partial charge is 0.307 e. The highest BCUT2D eigenvalue weighted by atomic mass is 32.2. The van der Waals surface area contributed by atoms with Gasteiger partial charge in [-0.2, -0.15) is 4.41 Å². The number of carboxylic acids is 1. The van der Waals surface area contributed by atoms with Crippen molar-refractivity contribution in [3.63, 3.8) is 0 Å². The van der Waals surface area contributed by atoms with Gasteiger partial charge in [0, 0.05) is 0 Å². The summed E-state index contributed by atoms with van der Waals surface area (Å²) in [6, 6.07) is 17.6. The third-order valence-electron chi connectivity index (χ3n) is 5.04. The van der Waals surface area contributed by atoms with Crippen molar-refractivity contribution >= 4 is 33.7 Å². The molecule has 8 heteroatoms. The number of nitrogens with one attached hydrogen (secondary N) is 1. The zero-order chi connectivity index (χ0) is 23.6. The molecule has 0 fully saturated rings. The Hall–Kier alpha value is -3.13. The lowest BCUT2D eigenvalue weighted by molar-refractivity contribution is -0.147. The van der Waals surface area contributed by atoms with Crippen molar-refractivity contribution in [2.24, 2.45) is 11.8 Å². The zero-order valence-corrected chi connectivity index (χ0v) is 19.2. The largest absolute Gasteiger partial charge is 0.481 e. The van der Waals surface area contributed by atoms with Gasteiger partial charge in [0.05, 0.1) is 23.8 Å². The van der Waals surface area contributed by atoms with Gasteiger partial charge in [0.25, 0.3) is 0 Å². The summed E-state index contributed by atoms with van der Waals surface area (Å²) in [6.07, 6.45) is 6.46. The number of hydrazine groups is 1. The van der Waals surface area contributed by atoms with E-state index in [0.29, 0.717) is 12.8 Å². The first kappa shape index (κ1) is 25.1. The molecule has 0 radical (unpaired) electrons. The van der Waals surface area contributed by atoms with Crippen LogP contribution in [0.25, 0.3) is 6.08 Å². The molecule has 0 saturated carbocycles. The minimum Gasteiger partial charge on any atom is -0.481 e. The lowest BCUT2D eigenvalue weighted by Crippen LogP contribution is -2.50. The van der Waals surface area contributed by atoms with Crippen LogP contribution in [0.5, 0.6) is 0 Å². The van der Waals surface area contributed by atoms with E-state index in [4.69, 9.17) is 0 Å². The van der Waals surface area contributed by atoms with Crippen molar-refractivity contribution in [1.29, 1.82) is 0 Å². The molecule has 0 unspecified atom stereocenters. The van der Waals surface area contributed by atoms with Crippen LogP contribution >= 0.6 is 0 Å². The van der Waals surface area contributed by atoms with Crippen LogP contribution in [0, 0.1) is 11.8 Å². The fraction of sp³-hybridized carbons (Fsp3) is 0.333. The molecule has 1 amide bonds. The molecule has 7 nitrogen and oxygen atoms in total. The van der Waals surface area contributed by atoms with Crippen LogP contribution in [0.4, 0.5) is 5.69 Å². The van der Waals surface area contributed by atoms with E-state index in [1.165, 1.54) is 0 Å². The summed E-state index contributed by atoms with van der Waals surface area (Å²) >= 11 is 0. The van der Waals surface area contributed by atoms with Gasteiger partial charge in [0.2, 0.25) is 15.9 Å². The Morgan fingerprint density at radius 1 is 1.03 bits per heavy atom. The maximum Gasteiger partial charge on any atom is 0.307 e. The normalized spacial score (nSPS) is 13.4. The highest BCUT2D eigenvalue weighted by molar-refractivity contribution is 7.92. The van der Waals surface area contributed by atoms with Gasteiger partial charge in [0.15, 0.2) is 0 Å². The minimum atomic E-state index is -3.83. The highest BCUT2D eigenvalue weighted by Gasteiger charge is 2.34. The molecule has 2 N–H and O–H groups in total. The van der Waals surface area contributed by atoms with E-state index in [1.54, 1.807) is 36.4 Å². The van der Waals surface area contributed by atoms with Crippen LogP contribution in [0.3, 0.4) is 0 Å². The molecule has 0 heterocycles. The van der Waals surface area contributed by atoms with Crippen LogP contribution in [0.1, 0.15) is 38.2 Å². The molecule has 0 aromatic heterocycles. The first-order valence-electron chi connectivity index (χ1n) is 10.5. The molecule has 2 aromatic carbocycles. The van der Waals surface area contributed by atoms with Gasteiger partial charge in [-0.1, -0.05) is 80.4 Å². The summed E-state index contributed by atoms with van der Waals surface area (Å²) < 4.78 is 25.4. The summed E-state index contributed by atoms with van der Waals surface area (Å²) in [4.78, 5) is 25.2. The number of sulfonamides is 1. The number of carboxylic acid groups (broad SMARTS) is 1. The molecule has 0 aliphatic heterocycles. The summed E-state index contributed by atoms with van der Waals surface area (Å²) in [5.74, 6) is -3.60. The second kappa shape index (κ2) is 12.0. The maximum atomic E-state index is 13.2. The quantitative estimate of drug-likeness (QED) is 0.466. The van der Waals surface area contributed by atoms with Crippen molar-refractivity contribution in [2.75, 3.05) is 10.7 Å². The van der Waals surface area contributed by atoms with Crippen molar-refractivity contribution in [2.45, 2.75) is 32.6 Å². The SMILES string of the molecule is CCCC[C@@H](C(=O)NN(c1ccccc1)S(C)(=O)=O)[C@H](CC=Cc1ccccc1)C(=O)O. The fourth-order valence-corrected chi connectivity index (χ4v) is 4.14. The number of carbonyl (C=O) groups is 2. The molecule has 172 valence electrons. The summed E-state index contributed by atoms with van der Waals surface area (Å²) in [5.41, 5.74) is 3.65. The number of unbranched alkanes of at least 4 members (excludes halogenated alkanes) is 1. The van der Waals surface area contributed by atoms with Gasteiger partial charge >= 0.3 is 5.97 Å². The van der Waals surface area contributed by atoms with Gasteiger partial charge < -0.3 is 5.11 Å². The van der Waals surface area contributed by atoms with E-state index in [0.717, 1.165) is 22.7 Å². The van der Waals surface area contributed by atoms with Gasteiger partial charge in [-0.3, -0.25) is 15.0 Å². The third kappa shape index (κ3) is 7.53. The molecule has 0 bridgehead atoms. The van der Waals surface area contributed by atoms with E-state index < -0.39 is 33.7 Å². The van der Waals surface area contributed by atoms with E-state index in [2.05, 4.69) is 5.43 Å². The number of hydrogen-bond acceptors (Lipinski definition) is 4. The van der Waals surface area contributed by atoms with Gasteiger partial charge in [-0.05, 0) is 30.5 Å².